The first-order chi connectivity index (χ1) is 7.27. The molecule has 1 nitrogen and oxygen atoms in total. The molecule has 15 heavy (non-hydrogen) atoms. The van der Waals surface area contributed by atoms with Crippen molar-refractivity contribution in [2.45, 2.75) is 13.8 Å². The molecule has 1 heterocycles. The smallest absolute Gasteiger partial charge is 0.135 e. The van der Waals surface area contributed by atoms with E-state index in [2.05, 4.69) is 26.0 Å². The Labute approximate surface area is 88.3 Å². The summed E-state index contributed by atoms with van der Waals surface area (Å²) >= 11 is 0. The number of benzene rings is 2. The number of furan rings is 1. The van der Waals surface area contributed by atoms with Gasteiger partial charge in [-0.05, 0) is 37.1 Å². The quantitative estimate of drug-likeness (QED) is 0.525. The van der Waals surface area contributed by atoms with Gasteiger partial charge in [0, 0.05) is 10.8 Å². The fraction of sp³-hybridized carbons (Fsp3) is 0.143. The Kier molecular flexibility index (Phi) is 1.63. The van der Waals surface area contributed by atoms with Crippen LogP contribution in [0.15, 0.2) is 40.8 Å². The maximum Gasteiger partial charge on any atom is 0.135 e. The molecule has 3 aromatic rings. The molecule has 0 aliphatic rings. The van der Waals surface area contributed by atoms with Crippen LogP contribution >= 0.6 is 0 Å². The lowest BCUT2D eigenvalue weighted by Crippen LogP contribution is -1.76. The zero-order chi connectivity index (χ0) is 10.4. The van der Waals surface area contributed by atoms with Gasteiger partial charge in [0.05, 0.1) is 0 Å². The van der Waals surface area contributed by atoms with Gasteiger partial charge >= 0.3 is 0 Å². The second kappa shape index (κ2) is 2.86. The number of hydrogen-bond donors (Lipinski definition) is 0. The van der Waals surface area contributed by atoms with Gasteiger partial charge in [-0.2, -0.15) is 0 Å². The van der Waals surface area contributed by atoms with Crippen molar-refractivity contribution in [1.29, 1.82) is 0 Å². The summed E-state index contributed by atoms with van der Waals surface area (Å²) in [7, 11) is 0. The average Bonchev–Trinajstić information content (AvgIpc) is 2.58. The Morgan fingerprint density at radius 2 is 1.20 bits per heavy atom. The van der Waals surface area contributed by atoms with Crippen LogP contribution in [0.1, 0.15) is 11.1 Å². The SMILES string of the molecule is Cc1cccc2oc3cccc(C)c3c12. The Bertz CT molecular complexity index is 591. The topological polar surface area (TPSA) is 13.1 Å². The summed E-state index contributed by atoms with van der Waals surface area (Å²) in [5, 5.41) is 2.51. The lowest BCUT2D eigenvalue weighted by Gasteiger charge is -1.97. The van der Waals surface area contributed by atoms with Crippen molar-refractivity contribution in [2.24, 2.45) is 0 Å². The van der Waals surface area contributed by atoms with Gasteiger partial charge in [-0.15, -0.1) is 0 Å². The van der Waals surface area contributed by atoms with E-state index >= 15 is 0 Å². The molecule has 0 atom stereocenters. The van der Waals surface area contributed by atoms with E-state index in [1.165, 1.54) is 21.9 Å². The first-order valence-corrected chi connectivity index (χ1v) is 5.15. The molecule has 2 aromatic carbocycles. The van der Waals surface area contributed by atoms with Gasteiger partial charge in [0.2, 0.25) is 0 Å². The van der Waals surface area contributed by atoms with Crippen molar-refractivity contribution >= 4 is 21.9 Å². The molecule has 0 radical (unpaired) electrons. The Hall–Kier alpha value is -1.76. The van der Waals surface area contributed by atoms with E-state index in [4.69, 9.17) is 4.42 Å². The van der Waals surface area contributed by atoms with Crippen molar-refractivity contribution in [2.75, 3.05) is 0 Å². The summed E-state index contributed by atoms with van der Waals surface area (Å²) in [5.41, 5.74) is 4.53. The Morgan fingerprint density at radius 3 is 1.67 bits per heavy atom. The molecule has 3 rings (SSSR count). The molecular weight excluding hydrogens is 184 g/mol. The van der Waals surface area contributed by atoms with E-state index in [-0.39, 0.29) is 0 Å². The van der Waals surface area contributed by atoms with Crippen LogP contribution in [-0.2, 0) is 0 Å². The summed E-state index contributed by atoms with van der Waals surface area (Å²) in [6, 6.07) is 12.4. The third-order valence-corrected chi connectivity index (χ3v) is 2.94. The van der Waals surface area contributed by atoms with Crippen LogP contribution in [-0.4, -0.2) is 0 Å². The maximum absolute atomic E-state index is 5.81. The van der Waals surface area contributed by atoms with E-state index in [0.29, 0.717) is 0 Å². The van der Waals surface area contributed by atoms with E-state index in [9.17, 15) is 0 Å². The molecule has 0 aliphatic carbocycles. The molecule has 0 unspecified atom stereocenters. The Balaban J connectivity index is 2.67. The summed E-state index contributed by atoms with van der Waals surface area (Å²) in [5.74, 6) is 0. The molecular formula is C14H12O. The predicted molar refractivity (Wildman–Crippen MR) is 63.2 cm³/mol. The summed E-state index contributed by atoms with van der Waals surface area (Å²) in [6.45, 7) is 4.26. The summed E-state index contributed by atoms with van der Waals surface area (Å²) in [4.78, 5) is 0. The van der Waals surface area contributed by atoms with Crippen molar-refractivity contribution in [3.8, 4) is 0 Å². The molecule has 0 saturated heterocycles. The monoisotopic (exact) mass is 196 g/mol. The van der Waals surface area contributed by atoms with Crippen LogP contribution in [0, 0.1) is 13.8 Å². The van der Waals surface area contributed by atoms with Crippen molar-refractivity contribution in [1.82, 2.24) is 0 Å². The zero-order valence-electron chi connectivity index (χ0n) is 8.87. The normalized spacial score (nSPS) is 11.3. The van der Waals surface area contributed by atoms with Crippen LogP contribution in [0.3, 0.4) is 0 Å². The second-order valence-corrected chi connectivity index (χ2v) is 4.00. The van der Waals surface area contributed by atoms with Crippen LogP contribution in [0.5, 0.6) is 0 Å². The van der Waals surface area contributed by atoms with Gasteiger partial charge in [-0.25, -0.2) is 0 Å². The van der Waals surface area contributed by atoms with Gasteiger partial charge in [-0.1, -0.05) is 24.3 Å². The first-order valence-electron chi connectivity index (χ1n) is 5.15. The van der Waals surface area contributed by atoms with Gasteiger partial charge < -0.3 is 4.42 Å². The molecule has 0 N–H and O–H groups in total. The van der Waals surface area contributed by atoms with Gasteiger partial charge in [0.25, 0.3) is 0 Å². The second-order valence-electron chi connectivity index (χ2n) is 4.00. The summed E-state index contributed by atoms with van der Waals surface area (Å²) in [6.07, 6.45) is 0. The van der Waals surface area contributed by atoms with Crippen LogP contribution in [0.2, 0.25) is 0 Å². The molecule has 1 heteroatoms. The summed E-state index contributed by atoms with van der Waals surface area (Å²) < 4.78 is 5.81. The number of aryl methyl sites for hydroxylation is 2. The first kappa shape index (κ1) is 8.54. The lowest BCUT2D eigenvalue weighted by atomic mass is 10.0. The Morgan fingerprint density at radius 1 is 0.733 bits per heavy atom. The predicted octanol–water partition coefficient (Wildman–Crippen LogP) is 4.20. The molecule has 0 fully saturated rings. The van der Waals surface area contributed by atoms with Gasteiger partial charge in [0.15, 0.2) is 0 Å². The highest BCUT2D eigenvalue weighted by molar-refractivity contribution is 6.08. The molecule has 0 bridgehead atoms. The third kappa shape index (κ3) is 1.09. The molecule has 1 aromatic heterocycles. The fourth-order valence-corrected chi connectivity index (χ4v) is 2.21. The largest absolute Gasteiger partial charge is 0.456 e. The van der Waals surface area contributed by atoms with Crippen LogP contribution in [0.25, 0.3) is 21.9 Å². The minimum atomic E-state index is 0.985. The number of fused-ring (bicyclic) bond motifs is 3. The molecule has 0 spiro atoms. The highest BCUT2D eigenvalue weighted by atomic mass is 16.3. The highest BCUT2D eigenvalue weighted by Gasteiger charge is 2.09. The van der Waals surface area contributed by atoms with Crippen molar-refractivity contribution < 1.29 is 4.42 Å². The van der Waals surface area contributed by atoms with Gasteiger partial charge in [0.1, 0.15) is 11.2 Å². The minimum Gasteiger partial charge on any atom is -0.456 e. The molecule has 74 valence electrons. The van der Waals surface area contributed by atoms with E-state index < -0.39 is 0 Å². The standard InChI is InChI=1S/C14H12O/c1-9-5-3-7-11-13(9)14-10(2)6-4-8-12(14)15-11/h3-8H,1-2H3. The fourth-order valence-electron chi connectivity index (χ4n) is 2.21. The molecule has 0 amide bonds. The third-order valence-electron chi connectivity index (χ3n) is 2.94. The van der Waals surface area contributed by atoms with E-state index in [1.54, 1.807) is 0 Å². The van der Waals surface area contributed by atoms with E-state index in [1.807, 2.05) is 24.3 Å². The average molecular weight is 196 g/mol. The molecule has 0 aliphatic heterocycles. The van der Waals surface area contributed by atoms with Gasteiger partial charge in [-0.3, -0.25) is 0 Å². The number of hydrogen-bond acceptors (Lipinski definition) is 1. The lowest BCUT2D eigenvalue weighted by molar-refractivity contribution is 0.668. The molecule has 0 saturated carbocycles. The zero-order valence-corrected chi connectivity index (χ0v) is 8.87. The van der Waals surface area contributed by atoms with Crippen molar-refractivity contribution in [3.63, 3.8) is 0 Å². The minimum absolute atomic E-state index is 0.985. The van der Waals surface area contributed by atoms with E-state index in [0.717, 1.165) is 11.2 Å². The van der Waals surface area contributed by atoms with Crippen LogP contribution in [0.4, 0.5) is 0 Å². The van der Waals surface area contributed by atoms with Crippen molar-refractivity contribution in [3.05, 3.63) is 47.5 Å². The number of rotatable bonds is 0. The highest BCUT2D eigenvalue weighted by Crippen LogP contribution is 2.32. The van der Waals surface area contributed by atoms with Crippen LogP contribution < -0.4 is 0 Å². The maximum atomic E-state index is 5.81.